The topological polar surface area (TPSA) is 63.3 Å². The van der Waals surface area contributed by atoms with Crippen LogP contribution in [-0.4, -0.2) is 22.9 Å². The van der Waals surface area contributed by atoms with Crippen LogP contribution < -0.4 is 5.73 Å². The molecule has 60 valence electrons. The maximum Gasteiger partial charge on any atom is 0.321 e. The van der Waals surface area contributed by atoms with Gasteiger partial charge in [0.15, 0.2) is 0 Å². The molecule has 0 spiro atoms. The minimum atomic E-state index is -0.973. The molecule has 4 heteroatoms. The highest BCUT2D eigenvalue weighted by atomic mass is 32.1. The fourth-order valence-electron chi connectivity index (χ4n) is 0.433. The fourth-order valence-corrected chi connectivity index (χ4v) is 0.629. The summed E-state index contributed by atoms with van der Waals surface area (Å²) in [5, 5.41) is 8.49. The molecule has 10 heavy (non-hydrogen) atoms. The predicted octanol–water partition coefficient (Wildman–Crippen LogP) is 0.354. The second-order valence-corrected chi connectivity index (χ2v) is 3.28. The van der Waals surface area contributed by atoms with Crippen molar-refractivity contribution in [2.45, 2.75) is 19.9 Å². The van der Waals surface area contributed by atoms with Crippen LogP contribution in [0.5, 0.6) is 0 Å². The van der Waals surface area contributed by atoms with Crippen molar-refractivity contribution in [3.63, 3.8) is 0 Å². The lowest BCUT2D eigenvalue weighted by molar-refractivity contribution is -0.140. The Bertz CT molecular complexity index is 136. The van der Waals surface area contributed by atoms with Gasteiger partial charge < -0.3 is 10.8 Å². The molecule has 0 aliphatic rings. The number of carboxylic acids is 1. The summed E-state index contributed by atoms with van der Waals surface area (Å²) in [6.07, 6.45) is 0. The van der Waals surface area contributed by atoms with Crippen molar-refractivity contribution in [1.29, 1.82) is 0 Å². The lowest BCUT2D eigenvalue weighted by atomic mass is 9.87. The molecule has 0 saturated heterocycles. The van der Waals surface area contributed by atoms with Gasteiger partial charge in [0, 0.05) is 0 Å². The van der Waals surface area contributed by atoms with Gasteiger partial charge in [0.1, 0.15) is 6.04 Å². The van der Waals surface area contributed by atoms with Crippen molar-refractivity contribution in [3.8, 4) is 0 Å². The summed E-state index contributed by atoms with van der Waals surface area (Å²) in [7, 11) is 0. The van der Waals surface area contributed by atoms with Gasteiger partial charge in [-0.05, 0) is 11.2 Å². The number of aliphatic carboxylic acids is 1. The zero-order chi connectivity index (χ0) is 8.36. The Morgan fingerprint density at radius 3 is 2.30 bits per heavy atom. The Kier molecular flexibility index (Phi) is 3.18. The molecule has 1 atom stereocenters. The first-order chi connectivity index (χ1) is 4.41. The first-order valence-electron chi connectivity index (χ1n) is 3.01. The van der Waals surface area contributed by atoms with Gasteiger partial charge in [-0.15, -0.1) is 0 Å². The van der Waals surface area contributed by atoms with E-state index in [-0.39, 0.29) is 0 Å². The van der Waals surface area contributed by atoms with Gasteiger partial charge in [-0.2, -0.15) is 12.6 Å². The molecule has 0 radical (unpaired) electrons. The Hall–Kier alpha value is -0.220. The number of carbonyl (C=O) groups is 1. The van der Waals surface area contributed by atoms with Gasteiger partial charge in [-0.25, -0.2) is 0 Å². The van der Waals surface area contributed by atoms with Crippen molar-refractivity contribution in [1.82, 2.24) is 0 Å². The van der Waals surface area contributed by atoms with Gasteiger partial charge in [0.25, 0.3) is 0 Å². The van der Waals surface area contributed by atoms with Crippen molar-refractivity contribution in [2.24, 2.45) is 11.1 Å². The summed E-state index contributed by atoms with van der Waals surface area (Å²) in [4.78, 5) is 10.3. The maximum absolute atomic E-state index is 10.3. The Morgan fingerprint density at radius 2 is 2.20 bits per heavy atom. The maximum atomic E-state index is 10.3. The molecular formula is C6H13NO2S. The second-order valence-electron chi connectivity index (χ2n) is 2.96. The van der Waals surface area contributed by atoms with E-state index in [4.69, 9.17) is 10.8 Å². The average molecular weight is 163 g/mol. The van der Waals surface area contributed by atoms with Crippen LogP contribution in [0, 0.1) is 5.41 Å². The van der Waals surface area contributed by atoms with Gasteiger partial charge in [-0.1, -0.05) is 13.8 Å². The lowest BCUT2D eigenvalue weighted by Crippen LogP contribution is -2.44. The molecule has 0 amide bonds. The molecule has 0 unspecified atom stereocenters. The molecule has 0 saturated carbocycles. The summed E-state index contributed by atoms with van der Waals surface area (Å²) in [5.41, 5.74) is 4.92. The summed E-state index contributed by atoms with van der Waals surface area (Å²) >= 11 is 3.99. The summed E-state index contributed by atoms with van der Waals surface area (Å²) in [6, 6.07) is -0.829. The van der Waals surface area contributed by atoms with E-state index in [9.17, 15) is 4.79 Å². The minimum Gasteiger partial charge on any atom is -0.480 e. The van der Waals surface area contributed by atoms with Crippen LogP contribution >= 0.6 is 12.6 Å². The number of hydrogen-bond donors (Lipinski definition) is 3. The largest absolute Gasteiger partial charge is 0.480 e. The number of thiol groups is 1. The minimum absolute atomic E-state index is 0.436. The molecule has 0 aliphatic carbocycles. The molecule has 0 aromatic rings. The standard InChI is InChI=1S/C6H13NO2S/c1-6(2,3-10)4(7)5(8)9/h4,10H,3,7H2,1-2H3,(H,8,9)/t4-/m1/s1. The highest BCUT2D eigenvalue weighted by Gasteiger charge is 2.30. The summed E-state index contributed by atoms with van der Waals surface area (Å²) in [6.45, 7) is 3.55. The van der Waals surface area contributed by atoms with Crippen LogP contribution in [0.2, 0.25) is 0 Å². The van der Waals surface area contributed by atoms with Gasteiger partial charge in [0.2, 0.25) is 0 Å². The molecular weight excluding hydrogens is 150 g/mol. The van der Waals surface area contributed by atoms with Crippen LogP contribution in [0.4, 0.5) is 0 Å². The first kappa shape index (κ1) is 9.78. The van der Waals surface area contributed by atoms with Crippen LogP contribution in [-0.2, 0) is 4.79 Å². The zero-order valence-corrected chi connectivity index (χ0v) is 7.06. The van der Waals surface area contributed by atoms with Crippen LogP contribution in [0.3, 0.4) is 0 Å². The average Bonchev–Trinajstić information content (AvgIpc) is 1.86. The first-order valence-corrected chi connectivity index (χ1v) is 3.64. The third kappa shape index (κ3) is 2.19. The molecule has 0 rings (SSSR count). The fraction of sp³-hybridized carbons (Fsp3) is 0.833. The number of hydrogen-bond acceptors (Lipinski definition) is 3. The zero-order valence-electron chi connectivity index (χ0n) is 6.16. The van der Waals surface area contributed by atoms with Crippen LogP contribution in [0.25, 0.3) is 0 Å². The molecule has 0 aromatic heterocycles. The lowest BCUT2D eigenvalue weighted by Gasteiger charge is -2.25. The number of carboxylic acid groups (broad SMARTS) is 1. The quantitative estimate of drug-likeness (QED) is 0.526. The molecule has 0 aromatic carbocycles. The SMILES string of the molecule is CC(C)(CS)[C@H](N)C(=O)O. The predicted molar refractivity (Wildman–Crippen MR) is 43.2 cm³/mol. The molecule has 3 N–H and O–H groups in total. The third-order valence-corrected chi connectivity index (χ3v) is 2.33. The highest BCUT2D eigenvalue weighted by Crippen LogP contribution is 2.20. The molecule has 0 heterocycles. The monoisotopic (exact) mass is 163 g/mol. The van der Waals surface area contributed by atoms with E-state index in [1.165, 1.54) is 0 Å². The van der Waals surface area contributed by atoms with E-state index in [1.807, 2.05) is 0 Å². The van der Waals surface area contributed by atoms with Crippen LogP contribution in [0.15, 0.2) is 0 Å². The normalized spacial score (nSPS) is 14.8. The highest BCUT2D eigenvalue weighted by molar-refractivity contribution is 7.80. The van der Waals surface area contributed by atoms with Crippen LogP contribution in [0.1, 0.15) is 13.8 Å². The second kappa shape index (κ2) is 3.25. The van der Waals surface area contributed by atoms with Gasteiger partial charge >= 0.3 is 5.97 Å². The summed E-state index contributed by atoms with van der Waals surface area (Å²) < 4.78 is 0. The van der Waals surface area contributed by atoms with Gasteiger partial charge in [-0.3, -0.25) is 4.79 Å². The summed E-state index contributed by atoms with van der Waals surface area (Å²) in [5.74, 6) is -0.500. The van der Waals surface area contributed by atoms with E-state index in [0.717, 1.165) is 0 Å². The van der Waals surface area contributed by atoms with Crippen molar-refractivity contribution < 1.29 is 9.90 Å². The smallest absolute Gasteiger partial charge is 0.321 e. The molecule has 0 fully saturated rings. The Morgan fingerprint density at radius 1 is 1.80 bits per heavy atom. The van der Waals surface area contributed by atoms with Crippen molar-refractivity contribution in [2.75, 3.05) is 5.75 Å². The molecule has 0 aliphatic heterocycles. The van der Waals surface area contributed by atoms with Crippen molar-refractivity contribution in [3.05, 3.63) is 0 Å². The Labute approximate surface area is 66.0 Å². The van der Waals surface area contributed by atoms with E-state index < -0.39 is 17.4 Å². The molecule has 3 nitrogen and oxygen atoms in total. The Balaban J connectivity index is 4.17. The van der Waals surface area contributed by atoms with Gasteiger partial charge in [0.05, 0.1) is 0 Å². The van der Waals surface area contributed by atoms with Crippen molar-refractivity contribution >= 4 is 18.6 Å². The van der Waals surface area contributed by atoms with E-state index in [1.54, 1.807) is 13.8 Å². The number of rotatable bonds is 3. The number of nitrogens with two attached hydrogens (primary N) is 1. The van der Waals surface area contributed by atoms with E-state index in [2.05, 4.69) is 12.6 Å². The van der Waals surface area contributed by atoms with E-state index >= 15 is 0 Å². The third-order valence-electron chi connectivity index (χ3n) is 1.52. The molecule has 0 bridgehead atoms. The van der Waals surface area contributed by atoms with E-state index in [0.29, 0.717) is 5.75 Å².